The molecule has 0 aliphatic rings. The standard InChI is InChI=1S/C14H19Cl2NO2/c1-10(2)17(8-4-7-15)14(18)12-6-5-11(16)9-13(12)19-3/h5-6,9-10H,4,7-8H2,1-3H3. The topological polar surface area (TPSA) is 29.5 Å². The summed E-state index contributed by atoms with van der Waals surface area (Å²) in [5, 5.41) is 0.547. The molecule has 0 aromatic heterocycles. The smallest absolute Gasteiger partial charge is 0.257 e. The summed E-state index contributed by atoms with van der Waals surface area (Å²) in [6.45, 7) is 4.59. The first kappa shape index (κ1) is 16.1. The maximum atomic E-state index is 12.5. The number of rotatable bonds is 6. The van der Waals surface area contributed by atoms with Gasteiger partial charge in [-0.05, 0) is 38.5 Å². The maximum absolute atomic E-state index is 12.5. The molecule has 0 aliphatic heterocycles. The van der Waals surface area contributed by atoms with Crippen LogP contribution in [0.2, 0.25) is 5.02 Å². The van der Waals surface area contributed by atoms with E-state index in [1.165, 1.54) is 7.11 Å². The Kier molecular flexibility index (Phi) is 6.46. The Morgan fingerprint density at radius 2 is 2.11 bits per heavy atom. The maximum Gasteiger partial charge on any atom is 0.257 e. The summed E-state index contributed by atoms with van der Waals surface area (Å²) in [5.74, 6) is 0.969. The Hall–Kier alpha value is -0.930. The van der Waals surface area contributed by atoms with Gasteiger partial charge in [-0.15, -0.1) is 11.6 Å². The summed E-state index contributed by atoms with van der Waals surface area (Å²) in [6, 6.07) is 5.14. The second-order valence-corrected chi connectivity index (χ2v) is 5.29. The summed E-state index contributed by atoms with van der Waals surface area (Å²) in [7, 11) is 1.53. The number of amides is 1. The van der Waals surface area contributed by atoms with E-state index in [9.17, 15) is 4.79 Å². The number of hydrogen-bond acceptors (Lipinski definition) is 2. The van der Waals surface area contributed by atoms with Gasteiger partial charge >= 0.3 is 0 Å². The molecule has 0 unspecified atom stereocenters. The summed E-state index contributed by atoms with van der Waals surface area (Å²) in [6.07, 6.45) is 0.765. The van der Waals surface area contributed by atoms with Crippen molar-refractivity contribution in [2.24, 2.45) is 0 Å². The summed E-state index contributed by atoms with van der Waals surface area (Å²) in [4.78, 5) is 14.3. The first-order chi connectivity index (χ1) is 9.01. The Morgan fingerprint density at radius 3 is 2.63 bits per heavy atom. The molecule has 0 fully saturated rings. The fraction of sp³-hybridized carbons (Fsp3) is 0.500. The minimum atomic E-state index is -0.0615. The summed E-state index contributed by atoms with van der Waals surface area (Å²) in [5.41, 5.74) is 0.523. The van der Waals surface area contributed by atoms with E-state index in [1.54, 1.807) is 23.1 Å². The number of benzene rings is 1. The van der Waals surface area contributed by atoms with Gasteiger partial charge in [0.25, 0.3) is 5.91 Å². The van der Waals surface area contributed by atoms with Crippen LogP contribution in [0.1, 0.15) is 30.6 Å². The van der Waals surface area contributed by atoms with Crippen LogP contribution in [0, 0.1) is 0 Å². The Morgan fingerprint density at radius 1 is 1.42 bits per heavy atom. The van der Waals surface area contributed by atoms with Gasteiger partial charge in [-0.1, -0.05) is 11.6 Å². The lowest BCUT2D eigenvalue weighted by Crippen LogP contribution is -2.38. The van der Waals surface area contributed by atoms with Crippen molar-refractivity contribution in [3.8, 4) is 5.75 Å². The highest BCUT2D eigenvalue weighted by atomic mass is 35.5. The minimum Gasteiger partial charge on any atom is -0.496 e. The molecule has 0 heterocycles. The second-order valence-electron chi connectivity index (χ2n) is 4.48. The van der Waals surface area contributed by atoms with Crippen molar-refractivity contribution in [1.29, 1.82) is 0 Å². The van der Waals surface area contributed by atoms with Crippen molar-refractivity contribution < 1.29 is 9.53 Å². The third-order valence-electron chi connectivity index (χ3n) is 2.81. The molecule has 106 valence electrons. The monoisotopic (exact) mass is 303 g/mol. The van der Waals surface area contributed by atoms with Crippen LogP contribution in [0.4, 0.5) is 0 Å². The Balaban J connectivity index is 3.02. The molecule has 3 nitrogen and oxygen atoms in total. The van der Waals surface area contributed by atoms with Crippen LogP contribution in [0.15, 0.2) is 18.2 Å². The number of ether oxygens (including phenoxy) is 1. The van der Waals surface area contributed by atoms with E-state index in [2.05, 4.69) is 0 Å². The lowest BCUT2D eigenvalue weighted by molar-refractivity contribution is 0.0703. The summed E-state index contributed by atoms with van der Waals surface area (Å²) >= 11 is 11.6. The molecule has 0 bridgehead atoms. The van der Waals surface area contributed by atoms with E-state index in [4.69, 9.17) is 27.9 Å². The SMILES string of the molecule is COc1cc(Cl)ccc1C(=O)N(CCCCl)C(C)C. The van der Waals surface area contributed by atoms with E-state index in [1.807, 2.05) is 13.8 Å². The van der Waals surface area contributed by atoms with Crippen LogP contribution in [0.3, 0.4) is 0 Å². The van der Waals surface area contributed by atoms with Gasteiger partial charge in [0.15, 0.2) is 0 Å². The number of halogens is 2. The van der Waals surface area contributed by atoms with Crippen LogP contribution in [-0.2, 0) is 0 Å². The molecule has 0 saturated heterocycles. The van der Waals surface area contributed by atoms with Gasteiger partial charge in [0.2, 0.25) is 0 Å². The third-order valence-corrected chi connectivity index (χ3v) is 3.31. The van der Waals surface area contributed by atoms with Gasteiger partial charge in [0.1, 0.15) is 5.75 Å². The average molecular weight is 304 g/mol. The zero-order chi connectivity index (χ0) is 14.4. The first-order valence-corrected chi connectivity index (χ1v) is 7.13. The fourth-order valence-electron chi connectivity index (χ4n) is 1.82. The zero-order valence-electron chi connectivity index (χ0n) is 11.5. The quantitative estimate of drug-likeness (QED) is 0.748. The van der Waals surface area contributed by atoms with E-state index in [-0.39, 0.29) is 11.9 Å². The molecule has 0 atom stereocenters. The highest BCUT2D eigenvalue weighted by Crippen LogP contribution is 2.25. The number of carbonyl (C=O) groups excluding carboxylic acids is 1. The predicted molar refractivity (Wildman–Crippen MR) is 79.5 cm³/mol. The number of hydrogen-bond donors (Lipinski definition) is 0. The minimum absolute atomic E-state index is 0.0615. The molecule has 1 aromatic rings. The van der Waals surface area contributed by atoms with Crippen molar-refractivity contribution >= 4 is 29.1 Å². The van der Waals surface area contributed by atoms with Gasteiger partial charge in [0.05, 0.1) is 12.7 Å². The average Bonchev–Trinajstić information content (AvgIpc) is 2.38. The second kappa shape index (κ2) is 7.61. The lowest BCUT2D eigenvalue weighted by Gasteiger charge is -2.27. The Labute approximate surface area is 124 Å². The van der Waals surface area contributed by atoms with Gasteiger partial charge in [-0.2, -0.15) is 0 Å². The van der Waals surface area contributed by atoms with Crippen molar-refractivity contribution in [2.45, 2.75) is 26.3 Å². The molecule has 1 rings (SSSR count). The van der Waals surface area contributed by atoms with E-state index < -0.39 is 0 Å². The van der Waals surface area contributed by atoms with Crippen LogP contribution in [0.25, 0.3) is 0 Å². The predicted octanol–water partition coefficient (Wildman–Crippen LogP) is 3.83. The number of carbonyl (C=O) groups is 1. The highest BCUT2D eigenvalue weighted by molar-refractivity contribution is 6.30. The van der Waals surface area contributed by atoms with E-state index in [0.717, 1.165) is 6.42 Å². The lowest BCUT2D eigenvalue weighted by atomic mass is 10.1. The highest BCUT2D eigenvalue weighted by Gasteiger charge is 2.21. The largest absolute Gasteiger partial charge is 0.496 e. The molecule has 5 heteroatoms. The molecule has 1 aromatic carbocycles. The fourth-order valence-corrected chi connectivity index (χ4v) is 2.10. The van der Waals surface area contributed by atoms with Crippen molar-refractivity contribution in [3.63, 3.8) is 0 Å². The van der Waals surface area contributed by atoms with Crippen molar-refractivity contribution in [3.05, 3.63) is 28.8 Å². The molecule has 0 saturated carbocycles. The molecule has 0 radical (unpaired) electrons. The molecule has 0 N–H and O–H groups in total. The van der Waals surface area contributed by atoms with Gasteiger partial charge in [-0.25, -0.2) is 0 Å². The molecular weight excluding hydrogens is 285 g/mol. The van der Waals surface area contributed by atoms with Gasteiger partial charge in [-0.3, -0.25) is 4.79 Å². The molecule has 0 spiro atoms. The number of alkyl halides is 1. The van der Waals surface area contributed by atoms with Crippen LogP contribution >= 0.6 is 23.2 Å². The number of nitrogens with zero attached hydrogens (tertiary/aromatic N) is 1. The van der Waals surface area contributed by atoms with E-state index >= 15 is 0 Å². The molecule has 19 heavy (non-hydrogen) atoms. The van der Waals surface area contributed by atoms with Gasteiger partial charge in [0, 0.05) is 23.5 Å². The summed E-state index contributed by atoms with van der Waals surface area (Å²) < 4.78 is 5.22. The van der Waals surface area contributed by atoms with E-state index in [0.29, 0.717) is 28.8 Å². The van der Waals surface area contributed by atoms with Gasteiger partial charge < -0.3 is 9.64 Å². The first-order valence-electron chi connectivity index (χ1n) is 6.21. The number of methoxy groups -OCH3 is 1. The molecule has 0 aliphatic carbocycles. The van der Waals surface area contributed by atoms with Crippen molar-refractivity contribution in [1.82, 2.24) is 4.90 Å². The van der Waals surface area contributed by atoms with Crippen molar-refractivity contribution in [2.75, 3.05) is 19.5 Å². The molecule has 1 amide bonds. The zero-order valence-corrected chi connectivity index (χ0v) is 13.0. The molecular formula is C14H19Cl2NO2. The van der Waals surface area contributed by atoms with Crippen LogP contribution < -0.4 is 4.74 Å². The van der Waals surface area contributed by atoms with Crippen LogP contribution in [-0.4, -0.2) is 36.4 Å². The third kappa shape index (κ3) is 4.29. The normalized spacial score (nSPS) is 10.6. The van der Waals surface area contributed by atoms with Crippen LogP contribution in [0.5, 0.6) is 5.75 Å². The Bertz CT molecular complexity index is 435.